The van der Waals surface area contributed by atoms with Gasteiger partial charge in [-0.25, -0.2) is 4.68 Å². The van der Waals surface area contributed by atoms with Crippen LogP contribution in [0, 0.1) is 0 Å². The fraction of sp³-hybridized carbons (Fsp3) is 0.333. The molecule has 0 amide bonds. The first kappa shape index (κ1) is 11.7. The van der Waals surface area contributed by atoms with E-state index in [1.54, 1.807) is 7.11 Å². The number of methoxy groups -OCH3 is 1. The molecule has 6 heteroatoms. The lowest BCUT2D eigenvalue weighted by molar-refractivity contribution is 0.313. The van der Waals surface area contributed by atoms with Crippen molar-refractivity contribution in [3.63, 3.8) is 0 Å². The molecule has 0 bridgehead atoms. The summed E-state index contributed by atoms with van der Waals surface area (Å²) >= 11 is 3.48. The Morgan fingerprint density at radius 1 is 1.44 bits per heavy atom. The molecule has 0 spiro atoms. The number of ether oxygens (including phenoxy) is 1. The smallest absolute Gasteiger partial charge is 0.133 e. The number of halogens is 1. The van der Waals surface area contributed by atoms with Gasteiger partial charge < -0.3 is 10.1 Å². The second-order valence-corrected chi connectivity index (χ2v) is 5.10. The van der Waals surface area contributed by atoms with Gasteiger partial charge in [0.15, 0.2) is 0 Å². The molecule has 1 fully saturated rings. The van der Waals surface area contributed by atoms with E-state index in [4.69, 9.17) is 4.74 Å². The topological polar surface area (TPSA) is 52.0 Å². The van der Waals surface area contributed by atoms with E-state index in [2.05, 4.69) is 31.6 Å². The second-order valence-electron chi connectivity index (χ2n) is 4.25. The van der Waals surface area contributed by atoms with Crippen molar-refractivity contribution in [3.8, 4) is 17.0 Å². The van der Waals surface area contributed by atoms with Crippen LogP contribution < -0.4 is 10.1 Å². The van der Waals surface area contributed by atoms with E-state index in [1.807, 2.05) is 29.1 Å². The standard InChI is InChI=1S/C12H13BrN4O/c1-18-12-3-2-8(4-10(12)13)11-7-17(16-15-11)9-5-14-6-9/h2-4,7,9,14H,5-6H2,1H3. The summed E-state index contributed by atoms with van der Waals surface area (Å²) in [6, 6.07) is 6.33. The molecule has 1 saturated heterocycles. The molecule has 94 valence electrons. The maximum Gasteiger partial charge on any atom is 0.133 e. The normalized spacial score (nSPS) is 15.4. The van der Waals surface area contributed by atoms with E-state index in [0.717, 1.165) is 34.6 Å². The third-order valence-corrected chi connectivity index (χ3v) is 3.71. The Bertz CT molecular complexity index is 565. The molecule has 5 nitrogen and oxygen atoms in total. The van der Waals surface area contributed by atoms with Gasteiger partial charge >= 0.3 is 0 Å². The van der Waals surface area contributed by atoms with Crippen molar-refractivity contribution in [2.45, 2.75) is 6.04 Å². The van der Waals surface area contributed by atoms with Gasteiger partial charge in [-0.3, -0.25) is 0 Å². The van der Waals surface area contributed by atoms with Crippen molar-refractivity contribution in [1.82, 2.24) is 20.3 Å². The monoisotopic (exact) mass is 308 g/mol. The summed E-state index contributed by atoms with van der Waals surface area (Å²) in [5, 5.41) is 11.6. The molecule has 18 heavy (non-hydrogen) atoms. The molecule has 1 aliphatic rings. The molecular weight excluding hydrogens is 296 g/mol. The van der Waals surface area contributed by atoms with Crippen LogP contribution in [0.3, 0.4) is 0 Å². The molecule has 0 unspecified atom stereocenters. The lowest BCUT2D eigenvalue weighted by Gasteiger charge is -2.26. The van der Waals surface area contributed by atoms with Crippen LogP contribution in [0.5, 0.6) is 5.75 Å². The van der Waals surface area contributed by atoms with Crippen LogP contribution in [0.15, 0.2) is 28.9 Å². The molecule has 3 rings (SSSR count). The average molecular weight is 309 g/mol. The Morgan fingerprint density at radius 2 is 2.28 bits per heavy atom. The van der Waals surface area contributed by atoms with E-state index < -0.39 is 0 Å². The molecule has 1 aromatic heterocycles. The molecule has 0 aliphatic carbocycles. The minimum Gasteiger partial charge on any atom is -0.496 e. The van der Waals surface area contributed by atoms with E-state index in [0.29, 0.717) is 6.04 Å². The van der Waals surface area contributed by atoms with Crippen LogP contribution in [-0.4, -0.2) is 35.2 Å². The first-order valence-electron chi connectivity index (χ1n) is 5.74. The van der Waals surface area contributed by atoms with Crippen molar-refractivity contribution >= 4 is 15.9 Å². The Kier molecular flexibility index (Phi) is 3.05. The number of benzene rings is 1. The third kappa shape index (κ3) is 2.02. The van der Waals surface area contributed by atoms with Crippen LogP contribution in [0.25, 0.3) is 11.3 Å². The van der Waals surface area contributed by atoms with E-state index in [1.165, 1.54) is 0 Å². The van der Waals surface area contributed by atoms with Gasteiger partial charge in [-0.05, 0) is 34.1 Å². The lowest BCUT2D eigenvalue weighted by Crippen LogP contribution is -2.43. The Morgan fingerprint density at radius 3 is 2.89 bits per heavy atom. The summed E-state index contributed by atoms with van der Waals surface area (Å²) < 4.78 is 8.05. The zero-order chi connectivity index (χ0) is 12.5. The van der Waals surface area contributed by atoms with Gasteiger partial charge in [0, 0.05) is 18.7 Å². The summed E-state index contributed by atoms with van der Waals surface area (Å²) in [7, 11) is 1.65. The van der Waals surface area contributed by atoms with Crippen LogP contribution in [0.4, 0.5) is 0 Å². The highest BCUT2D eigenvalue weighted by Gasteiger charge is 2.20. The number of nitrogens with zero attached hydrogens (tertiary/aromatic N) is 3. The van der Waals surface area contributed by atoms with E-state index in [9.17, 15) is 0 Å². The second kappa shape index (κ2) is 4.70. The SMILES string of the molecule is COc1ccc(-c2cn(C3CNC3)nn2)cc1Br. The third-order valence-electron chi connectivity index (χ3n) is 3.09. The summed E-state index contributed by atoms with van der Waals surface area (Å²) in [5.41, 5.74) is 1.91. The largest absolute Gasteiger partial charge is 0.496 e. The maximum absolute atomic E-state index is 5.21. The summed E-state index contributed by atoms with van der Waals surface area (Å²) in [4.78, 5) is 0. The number of rotatable bonds is 3. The molecule has 0 saturated carbocycles. The zero-order valence-corrected chi connectivity index (χ0v) is 11.5. The fourth-order valence-corrected chi connectivity index (χ4v) is 2.41. The minimum atomic E-state index is 0.438. The number of hydrogen-bond donors (Lipinski definition) is 1. The Labute approximate surface area is 113 Å². The first-order valence-corrected chi connectivity index (χ1v) is 6.53. The van der Waals surface area contributed by atoms with Crippen molar-refractivity contribution in [2.75, 3.05) is 20.2 Å². The van der Waals surface area contributed by atoms with Gasteiger partial charge in [0.2, 0.25) is 0 Å². The van der Waals surface area contributed by atoms with Crippen molar-refractivity contribution in [1.29, 1.82) is 0 Å². The molecule has 1 aliphatic heterocycles. The van der Waals surface area contributed by atoms with Gasteiger partial charge in [0.05, 0.1) is 23.8 Å². The van der Waals surface area contributed by atoms with Crippen LogP contribution >= 0.6 is 15.9 Å². The number of hydrogen-bond acceptors (Lipinski definition) is 4. The molecule has 2 heterocycles. The molecule has 1 aromatic carbocycles. The Hall–Kier alpha value is -1.40. The van der Waals surface area contributed by atoms with Crippen molar-refractivity contribution < 1.29 is 4.74 Å². The molecule has 0 radical (unpaired) electrons. The number of nitrogens with one attached hydrogen (secondary N) is 1. The highest BCUT2D eigenvalue weighted by atomic mass is 79.9. The highest BCUT2D eigenvalue weighted by Crippen LogP contribution is 2.29. The first-order chi connectivity index (χ1) is 8.78. The average Bonchev–Trinajstić information content (AvgIpc) is 2.76. The zero-order valence-electron chi connectivity index (χ0n) is 9.93. The maximum atomic E-state index is 5.21. The van der Waals surface area contributed by atoms with Crippen LogP contribution in [0.1, 0.15) is 6.04 Å². The molecular formula is C12H13BrN4O. The summed E-state index contributed by atoms with van der Waals surface area (Å²) in [5.74, 6) is 0.814. The van der Waals surface area contributed by atoms with Crippen molar-refractivity contribution in [2.24, 2.45) is 0 Å². The van der Waals surface area contributed by atoms with Crippen LogP contribution in [0.2, 0.25) is 0 Å². The van der Waals surface area contributed by atoms with Gasteiger partial charge in [-0.15, -0.1) is 5.10 Å². The summed E-state index contributed by atoms with van der Waals surface area (Å²) in [6.07, 6.45) is 1.99. The summed E-state index contributed by atoms with van der Waals surface area (Å²) in [6.45, 7) is 1.93. The predicted molar refractivity (Wildman–Crippen MR) is 71.6 cm³/mol. The van der Waals surface area contributed by atoms with E-state index in [-0.39, 0.29) is 0 Å². The fourth-order valence-electron chi connectivity index (χ4n) is 1.87. The van der Waals surface area contributed by atoms with Crippen molar-refractivity contribution in [3.05, 3.63) is 28.9 Å². The van der Waals surface area contributed by atoms with Crippen LogP contribution in [-0.2, 0) is 0 Å². The molecule has 2 aromatic rings. The Balaban J connectivity index is 1.89. The van der Waals surface area contributed by atoms with E-state index >= 15 is 0 Å². The van der Waals surface area contributed by atoms with Gasteiger partial charge in [0.1, 0.15) is 11.4 Å². The quantitative estimate of drug-likeness (QED) is 0.940. The lowest BCUT2D eigenvalue weighted by atomic mass is 10.1. The van der Waals surface area contributed by atoms with Gasteiger partial charge in [0.25, 0.3) is 0 Å². The van der Waals surface area contributed by atoms with Gasteiger partial charge in [-0.2, -0.15) is 0 Å². The highest BCUT2D eigenvalue weighted by molar-refractivity contribution is 9.10. The predicted octanol–water partition coefficient (Wildman–Crippen LogP) is 1.86. The molecule has 0 atom stereocenters. The number of aromatic nitrogens is 3. The minimum absolute atomic E-state index is 0.438. The molecule has 1 N–H and O–H groups in total. The van der Waals surface area contributed by atoms with Gasteiger partial charge in [-0.1, -0.05) is 5.21 Å².